The molecule has 3 rings (SSSR count). The highest BCUT2D eigenvalue weighted by Gasteiger charge is 2.16. The van der Waals surface area contributed by atoms with Gasteiger partial charge < -0.3 is 10.6 Å². The second-order valence-corrected chi connectivity index (χ2v) is 7.58. The van der Waals surface area contributed by atoms with Gasteiger partial charge in [-0.1, -0.05) is 0 Å². The van der Waals surface area contributed by atoms with Crippen LogP contribution in [0.5, 0.6) is 0 Å². The summed E-state index contributed by atoms with van der Waals surface area (Å²) in [7, 11) is 0. The Kier molecular flexibility index (Phi) is 7.48. The zero-order chi connectivity index (χ0) is 20.6. The Morgan fingerprint density at radius 3 is 2.69 bits per heavy atom. The smallest absolute Gasteiger partial charge is 0.345 e. The lowest BCUT2D eigenvalue weighted by Gasteiger charge is -2.11. The number of hydrogen-bond acceptors (Lipinski definition) is 4. The van der Waals surface area contributed by atoms with Gasteiger partial charge in [0.15, 0.2) is 5.96 Å². The predicted molar refractivity (Wildman–Crippen MR) is 114 cm³/mol. The summed E-state index contributed by atoms with van der Waals surface area (Å²) >= 11 is 0. The minimum atomic E-state index is 0.0319. The van der Waals surface area contributed by atoms with E-state index in [1.807, 2.05) is 16.2 Å². The Morgan fingerprint density at radius 1 is 1.14 bits per heavy atom. The van der Waals surface area contributed by atoms with E-state index in [0.717, 1.165) is 82.3 Å². The van der Waals surface area contributed by atoms with Gasteiger partial charge in [-0.2, -0.15) is 10.2 Å². The molecule has 9 heteroatoms. The molecule has 9 nitrogen and oxygen atoms in total. The van der Waals surface area contributed by atoms with E-state index in [9.17, 15) is 4.79 Å². The van der Waals surface area contributed by atoms with Crippen LogP contribution >= 0.6 is 0 Å². The molecule has 2 aromatic rings. The number of nitrogens with one attached hydrogen (secondary N) is 2. The molecule has 3 heterocycles. The standard InChI is InChI=1S/C20H34N8O/c1-4-21-19(22-10-7-13-27-17(3)15-16(2)24-27)23-11-8-14-28-20(29)26-12-6-5-9-18(26)25-28/h15H,4-14H2,1-3H3,(H2,21,22,23). The van der Waals surface area contributed by atoms with E-state index in [4.69, 9.17) is 0 Å². The fourth-order valence-electron chi connectivity index (χ4n) is 3.68. The Hall–Kier alpha value is -2.58. The van der Waals surface area contributed by atoms with Crippen LogP contribution in [-0.2, 0) is 26.1 Å². The summed E-state index contributed by atoms with van der Waals surface area (Å²) in [5, 5.41) is 15.6. The van der Waals surface area contributed by atoms with Crippen molar-refractivity contribution in [3.8, 4) is 0 Å². The second-order valence-electron chi connectivity index (χ2n) is 7.58. The number of nitrogens with zero attached hydrogens (tertiary/aromatic N) is 6. The fourth-order valence-corrected chi connectivity index (χ4v) is 3.68. The van der Waals surface area contributed by atoms with Crippen molar-refractivity contribution in [1.29, 1.82) is 0 Å². The molecule has 0 saturated carbocycles. The molecule has 0 atom stereocenters. The normalized spacial score (nSPS) is 14.1. The molecule has 2 N–H and O–H groups in total. The second kappa shape index (κ2) is 10.3. The predicted octanol–water partition coefficient (Wildman–Crippen LogP) is 1.23. The van der Waals surface area contributed by atoms with Gasteiger partial charge in [0.2, 0.25) is 0 Å². The van der Waals surface area contributed by atoms with Crippen LogP contribution in [0.1, 0.15) is 49.8 Å². The van der Waals surface area contributed by atoms with Crippen LogP contribution in [-0.4, -0.2) is 49.7 Å². The third kappa shape index (κ3) is 5.71. The van der Waals surface area contributed by atoms with E-state index in [0.29, 0.717) is 6.54 Å². The fraction of sp³-hybridized carbons (Fsp3) is 0.700. The first-order valence-electron chi connectivity index (χ1n) is 10.8. The number of aromatic nitrogens is 5. The average Bonchev–Trinajstić information content (AvgIpc) is 3.20. The first-order chi connectivity index (χ1) is 14.1. The highest BCUT2D eigenvalue weighted by Crippen LogP contribution is 2.09. The summed E-state index contributed by atoms with van der Waals surface area (Å²) in [5.41, 5.74) is 2.27. The van der Waals surface area contributed by atoms with Crippen LogP contribution < -0.4 is 16.3 Å². The van der Waals surface area contributed by atoms with Gasteiger partial charge >= 0.3 is 5.69 Å². The molecule has 29 heavy (non-hydrogen) atoms. The molecule has 0 amide bonds. The quantitative estimate of drug-likeness (QED) is 0.374. The largest absolute Gasteiger partial charge is 0.357 e. The van der Waals surface area contributed by atoms with Crippen LogP contribution in [0.2, 0.25) is 0 Å². The topological polar surface area (TPSA) is 94.1 Å². The average molecular weight is 403 g/mol. The molecule has 0 aromatic carbocycles. The molecule has 0 fully saturated rings. The number of fused-ring (bicyclic) bond motifs is 1. The summed E-state index contributed by atoms with van der Waals surface area (Å²) in [6.45, 7) is 10.8. The van der Waals surface area contributed by atoms with Gasteiger partial charge in [-0.3, -0.25) is 14.2 Å². The summed E-state index contributed by atoms with van der Waals surface area (Å²) in [6.07, 6.45) is 4.87. The molecule has 0 bridgehead atoms. The van der Waals surface area contributed by atoms with Crippen LogP contribution in [0.4, 0.5) is 0 Å². The molecule has 0 aliphatic carbocycles. The van der Waals surface area contributed by atoms with Crippen molar-refractivity contribution in [1.82, 2.24) is 34.8 Å². The van der Waals surface area contributed by atoms with E-state index >= 15 is 0 Å². The number of aliphatic imine (C=N–C) groups is 1. The number of hydrogen-bond donors (Lipinski definition) is 2. The maximum atomic E-state index is 12.4. The van der Waals surface area contributed by atoms with E-state index in [2.05, 4.69) is 45.7 Å². The van der Waals surface area contributed by atoms with Crippen molar-refractivity contribution in [2.75, 3.05) is 19.6 Å². The van der Waals surface area contributed by atoms with Crippen molar-refractivity contribution < 1.29 is 0 Å². The molecular weight excluding hydrogens is 368 g/mol. The highest BCUT2D eigenvalue weighted by molar-refractivity contribution is 5.79. The third-order valence-corrected chi connectivity index (χ3v) is 5.12. The monoisotopic (exact) mass is 402 g/mol. The summed E-state index contributed by atoms with van der Waals surface area (Å²) in [6, 6.07) is 2.09. The zero-order valence-corrected chi connectivity index (χ0v) is 17.9. The van der Waals surface area contributed by atoms with Crippen LogP contribution in [0.3, 0.4) is 0 Å². The summed E-state index contributed by atoms with van der Waals surface area (Å²) in [4.78, 5) is 17.0. The van der Waals surface area contributed by atoms with Gasteiger partial charge in [-0.05, 0) is 52.5 Å². The number of guanidine groups is 1. The van der Waals surface area contributed by atoms with Crippen LogP contribution in [0, 0.1) is 13.8 Å². The number of rotatable bonds is 9. The van der Waals surface area contributed by atoms with Crippen molar-refractivity contribution in [2.45, 2.75) is 72.5 Å². The van der Waals surface area contributed by atoms with E-state index in [-0.39, 0.29) is 5.69 Å². The summed E-state index contributed by atoms with van der Waals surface area (Å²) < 4.78 is 5.47. The van der Waals surface area contributed by atoms with Crippen molar-refractivity contribution in [2.24, 2.45) is 4.99 Å². The molecule has 0 saturated heterocycles. The Labute approximate surface area is 172 Å². The molecule has 1 aliphatic heterocycles. The lowest BCUT2D eigenvalue weighted by molar-refractivity contribution is 0.509. The van der Waals surface area contributed by atoms with Gasteiger partial charge in [0.1, 0.15) is 5.82 Å². The van der Waals surface area contributed by atoms with E-state index < -0.39 is 0 Å². The lowest BCUT2D eigenvalue weighted by atomic mass is 10.2. The molecule has 2 aromatic heterocycles. The Balaban J connectivity index is 1.42. The zero-order valence-electron chi connectivity index (χ0n) is 17.9. The summed E-state index contributed by atoms with van der Waals surface area (Å²) in [5.74, 6) is 1.75. The lowest BCUT2D eigenvalue weighted by Crippen LogP contribution is -2.38. The minimum absolute atomic E-state index is 0.0319. The molecule has 160 valence electrons. The van der Waals surface area contributed by atoms with Crippen LogP contribution in [0.25, 0.3) is 0 Å². The van der Waals surface area contributed by atoms with Crippen molar-refractivity contribution in [3.63, 3.8) is 0 Å². The van der Waals surface area contributed by atoms with Crippen molar-refractivity contribution in [3.05, 3.63) is 33.8 Å². The Morgan fingerprint density at radius 2 is 1.97 bits per heavy atom. The SMILES string of the molecule is CCNC(=NCCCn1nc(C)cc1C)NCCCn1nc2n(c1=O)CCCC2. The van der Waals surface area contributed by atoms with Gasteiger partial charge in [-0.25, -0.2) is 9.48 Å². The van der Waals surface area contributed by atoms with E-state index in [1.165, 1.54) is 5.69 Å². The van der Waals surface area contributed by atoms with Gasteiger partial charge in [-0.15, -0.1) is 0 Å². The molecule has 0 unspecified atom stereocenters. The van der Waals surface area contributed by atoms with Gasteiger partial charge in [0.25, 0.3) is 0 Å². The first-order valence-corrected chi connectivity index (χ1v) is 10.8. The third-order valence-electron chi connectivity index (χ3n) is 5.12. The molecule has 0 radical (unpaired) electrons. The molecular formula is C20H34N8O. The number of aryl methyl sites for hydroxylation is 5. The maximum Gasteiger partial charge on any atom is 0.345 e. The maximum absolute atomic E-state index is 12.4. The van der Waals surface area contributed by atoms with E-state index in [1.54, 1.807) is 4.68 Å². The molecule has 1 aliphatic rings. The highest BCUT2D eigenvalue weighted by atomic mass is 16.2. The van der Waals surface area contributed by atoms with Gasteiger partial charge in [0.05, 0.1) is 5.69 Å². The minimum Gasteiger partial charge on any atom is -0.357 e. The van der Waals surface area contributed by atoms with Crippen molar-refractivity contribution >= 4 is 5.96 Å². The van der Waals surface area contributed by atoms with Gasteiger partial charge in [0, 0.05) is 51.4 Å². The first kappa shape index (κ1) is 21.1. The van der Waals surface area contributed by atoms with Crippen LogP contribution in [0.15, 0.2) is 15.9 Å². The Bertz CT molecular complexity index is 876. The molecule has 0 spiro atoms.